The zero-order valence-corrected chi connectivity index (χ0v) is 7.40. The maximum Gasteiger partial charge on any atom is 0.274 e. The minimum absolute atomic E-state index is 0.234. The second-order valence-electron chi connectivity index (χ2n) is 3.62. The lowest BCUT2D eigenvalue weighted by atomic mass is 9.88. The summed E-state index contributed by atoms with van der Waals surface area (Å²) in [5.41, 5.74) is 0. The van der Waals surface area contributed by atoms with E-state index in [2.05, 4.69) is 0 Å². The van der Waals surface area contributed by atoms with Crippen LogP contribution in [0.5, 0.6) is 0 Å². The van der Waals surface area contributed by atoms with Crippen molar-refractivity contribution in [1.82, 2.24) is 0 Å². The Morgan fingerprint density at radius 2 is 2.15 bits per heavy atom. The van der Waals surface area contributed by atoms with Crippen molar-refractivity contribution in [2.45, 2.75) is 30.0 Å². The highest BCUT2D eigenvalue weighted by molar-refractivity contribution is 7.87. The van der Waals surface area contributed by atoms with Crippen molar-refractivity contribution in [1.29, 1.82) is 5.26 Å². The Bertz CT molecular complexity index is 395. The first-order chi connectivity index (χ1) is 6.13. The number of nitriles is 1. The lowest BCUT2D eigenvalue weighted by Crippen LogP contribution is -2.35. The van der Waals surface area contributed by atoms with Gasteiger partial charge in [-0.2, -0.15) is 13.7 Å². The molecule has 5 unspecified atom stereocenters. The van der Waals surface area contributed by atoms with Crippen LogP contribution in [0.3, 0.4) is 0 Å². The zero-order chi connectivity index (χ0) is 9.22. The molecule has 0 aromatic carbocycles. The Morgan fingerprint density at radius 1 is 1.38 bits per heavy atom. The second-order valence-corrected chi connectivity index (χ2v) is 5.34. The van der Waals surface area contributed by atoms with Gasteiger partial charge in [-0.1, -0.05) is 0 Å². The highest BCUT2D eigenvalue weighted by Gasteiger charge is 2.66. The fourth-order valence-electron chi connectivity index (χ4n) is 2.48. The topological polar surface area (TPSA) is 76.4 Å². The molecule has 6 heteroatoms. The van der Waals surface area contributed by atoms with Crippen LogP contribution in [0.25, 0.3) is 0 Å². The van der Waals surface area contributed by atoms with Crippen LogP contribution < -0.4 is 0 Å². The fraction of sp³-hybridized carbons (Fsp3) is 0.857. The maximum atomic E-state index is 11.4. The highest BCUT2D eigenvalue weighted by Crippen LogP contribution is 2.49. The highest BCUT2D eigenvalue weighted by atomic mass is 32.2. The van der Waals surface area contributed by atoms with Crippen LogP contribution in [0.1, 0.15) is 6.42 Å². The molecular weight excluding hydrogens is 194 g/mol. The van der Waals surface area contributed by atoms with E-state index >= 15 is 0 Å². The minimum atomic E-state index is -3.54. The first-order valence-electron chi connectivity index (χ1n) is 4.10. The van der Waals surface area contributed by atoms with Gasteiger partial charge in [0.15, 0.2) is 0 Å². The molecule has 0 aromatic rings. The van der Waals surface area contributed by atoms with Crippen molar-refractivity contribution >= 4 is 10.1 Å². The third kappa shape index (κ3) is 0.753. The molecule has 3 saturated heterocycles. The van der Waals surface area contributed by atoms with Crippen molar-refractivity contribution in [3.63, 3.8) is 0 Å². The van der Waals surface area contributed by atoms with Crippen molar-refractivity contribution in [3.05, 3.63) is 0 Å². The number of hydrogen-bond acceptors (Lipinski definition) is 5. The zero-order valence-electron chi connectivity index (χ0n) is 6.58. The summed E-state index contributed by atoms with van der Waals surface area (Å²) in [4.78, 5) is 0. The number of rotatable bonds is 0. The molecule has 5 nitrogen and oxygen atoms in total. The smallest absolute Gasteiger partial charge is 0.274 e. The van der Waals surface area contributed by atoms with Crippen molar-refractivity contribution in [2.75, 3.05) is 0 Å². The quantitative estimate of drug-likeness (QED) is 0.489. The van der Waals surface area contributed by atoms with Gasteiger partial charge in [-0.15, -0.1) is 0 Å². The summed E-state index contributed by atoms with van der Waals surface area (Å²) in [6.45, 7) is 0. The Balaban J connectivity index is 2.14. The molecule has 0 amide bonds. The molecule has 0 spiro atoms. The molecule has 3 fully saturated rings. The van der Waals surface area contributed by atoms with E-state index in [9.17, 15) is 8.42 Å². The summed E-state index contributed by atoms with van der Waals surface area (Å²) in [6, 6.07) is 1.99. The van der Waals surface area contributed by atoms with Crippen molar-refractivity contribution in [2.24, 2.45) is 5.92 Å². The first kappa shape index (κ1) is 7.74. The monoisotopic (exact) mass is 201 g/mol. The van der Waals surface area contributed by atoms with Gasteiger partial charge in [-0.05, 0) is 0 Å². The van der Waals surface area contributed by atoms with E-state index in [0.717, 1.165) is 0 Å². The first-order valence-corrected chi connectivity index (χ1v) is 5.58. The minimum Gasteiger partial charge on any atom is -0.369 e. The predicted molar refractivity (Wildman–Crippen MR) is 40.0 cm³/mol. The SMILES string of the molecule is N#CC1C2CC3OS(=O)(=O)C1C3O2. The molecule has 0 aliphatic carbocycles. The Morgan fingerprint density at radius 3 is 2.85 bits per heavy atom. The van der Waals surface area contributed by atoms with E-state index in [0.29, 0.717) is 6.42 Å². The van der Waals surface area contributed by atoms with Crippen molar-refractivity contribution in [3.8, 4) is 6.07 Å². The van der Waals surface area contributed by atoms with Gasteiger partial charge in [0.05, 0.1) is 18.1 Å². The Hall–Kier alpha value is -0.640. The van der Waals surface area contributed by atoms with Gasteiger partial charge in [0.1, 0.15) is 17.5 Å². The van der Waals surface area contributed by atoms with Crippen LogP contribution in [-0.2, 0) is 19.0 Å². The summed E-state index contributed by atoms with van der Waals surface area (Å²) < 4.78 is 33.0. The summed E-state index contributed by atoms with van der Waals surface area (Å²) in [6.07, 6.45) is -0.412. The molecule has 3 aliphatic rings. The van der Waals surface area contributed by atoms with E-state index in [1.54, 1.807) is 0 Å². The van der Waals surface area contributed by atoms with Gasteiger partial charge in [0.2, 0.25) is 0 Å². The average molecular weight is 201 g/mol. The molecule has 0 aromatic heterocycles. The van der Waals surface area contributed by atoms with E-state index in [1.807, 2.05) is 6.07 Å². The number of hydrogen-bond donors (Lipinski definition) is 0. The molecule has 0 N–H and O–H groups in total. The Kier molecular flexibility index (Phi) is 1.22. The number of fused-ring (bicyclic) bond motifs is 1. The maximum absolute atomic E-state index is 11.4. The van der Waals surface area contributed by atoms with Gasteiger partial charge in [0.25, 0.3) is 10.1 Å². The molecular formula is C7H7NO4S. The summed E-state index contributed by atoms with van der Waals surface area (Å²) >= 11 is 0. The molecule has 2 bridgehead atoms. The third-order valence-corrected chi connectivity index (χ3v) is 4.72. The van der Waals surface area contributed by atoms with Gasteiger partial charge < -0.3 is 4.74 Å². The molecule has 3 heterocycles. The van der Waals surface area contributed by atoms with Crippen molar-refractivity contribution < 1.29 is 17.3 Å². The van der Waals surface area contributed by atoms with Crippen LogP contribution >= 0.6 is 0 Å². The van der Waals surface area contributed by atoms with E-state index in [-0.39, 0.29) is 18.3 Å². The van der Waals surface area contributed by atoms with E-state index in [4.69, 9.17) is 14.2 Å². The van der Waals surface area contributed by atoms with E-state index < -0.39 is 21.3 Å². The van der Waals surface area contributed by atoms with E-state index in [1.165, 1.54) is 0 Å². The van der Waals surface area contributed by atoms with Crippen LogP contribution in [0.15, 0.2) is 0 Å². The van der Waals surface area contributed by atoms with Gasteiger partial charge in [-0.25, -0.2) is 0 Å². The lowest BCUT2D eigenvalue weighted by molar-refractivity contribution is 0.0803. The summed E-state index contributed by atoms with van der Waals surface area (Å²) in [5, 5.41) is 8.06. The standard InChI is InChI=1S/C7H7NO4S/c8-2-3-4-1-5-6(11-4)7(3)13(9,10)12-5/h3-7H,1H2. The second kappa shape index (κ2) is 2.05. The van der Waals surface area contributed by atoms with Gasteiger partial charge in [0, 0.05) is 6.42 Å². The molecule has 0 saturated carbocycles. The molecule has 3 rings (SSSR count). The van der Waals surface area contributed by atoms with Crippen LogP contribution in [0, 0.1) is 17.2 Å². The lowest BCUT2D eigenvalue weighted by Gasteiger charge is -2.13. The van der Waals surface area contributed by atoms with Crippen LogP contribution in [0.2, 0.25) is 0 Å². The Labute approximate surface area is 75.4 Å². The fourth-order valence-corrected chi connectivity index (χ4v) is 4.30. The molecule has 3 aliphatic heterocycles. The van der Waals surface area contributed by atoms with Crippen LogP contribution in [0.4, 0.5) is 0 Å². The number of nitrogens with zero attached hydrogens (tertiary/aromatic N) is 1. The largest absolute Gasteiger partial charge is 0.369 e. The molecule has 70 valence electrons. The molecule has 5 atom stereocenters. The normalized spacial score (nSPS) is 55.2. The number of ether oxygens (including phenoxy) is 1. The molecule has 0 radical (unpaired) electrons. The average Bonchev–Trinajstić information content (AvgIpc) is 2.60. The summed E-state index contributed by atoms with van der Waals surface area (Å²) in [5.74, 6) is -0.534. The van der Waals surface area contributed by atoms with Crippen LogP contribution in [-0.4, -0.2) is 32.0 Å². The summed E-state index contributed by atoms with van der Waals surface area (Å²) in [7, 11) is -3.54. The molecule has 13 heavy (non-hydrogen) atoms. The van der Waals surface area contributed by atoms with Gasteiger partial charge >= 0.3 is 0 Å². The predicted octanol–water partition coefficient (Wildman–Crippen LogP) is -0.606. The third-order valence-electron chi connectivity index (χ3n) is 2.98. The van der Waals surface area contributed by atoms with Gasteiger partial charge in [-0.3, -0.25) is 4.18 Å².